The van der Waals surface area contributed by atoms with Crippen LogP contribution in [0, 0.1) is 20.8 Å². The molecule has 0 radical (unpaired) electrons. The summed E-state index contributed by atoms with van der Waals surface area (Å²) in [5, 5.41) is 2.69. The zero-order valence-electron chi connectivity index (χ0n) is 43.1. The number of thioether (sulfide) groups is 1. The van der Waals surface area contributed by atoms with E-state index >= 15 is 0 Å². The molecule has 73 heavy (non-hydrogen) atoms. The molecule has 3 aromatic carbocycles. The van der Waals surface area contributed by atoms with Gasteiger partial charge >= 0.3 is 29.8 Å². The highest BCUT2D eigenvalue weighted by atomic mass is 32.2. The summed E-state index contributed by atoms with van der Waals surface area (Å²) in [4.78, 5) is 78.5. The van der Waals surface area contributed by atoms with Crippen LogP contribution in [0.15, 0.2) is 72.8 Å². The molecule has 2 heterocycles. The highest BCUT2D eigenvalue weighted by molar-refractivity contribution is 7.98. The molecule has 1 N–H and O–H groups in total. The number of amides is 1. The molecule has 0 unspecified atom stereocenters. The van der Waals surface area contributed by atoms with E-state index in [4.69, 9.17) is 56.8 Å². The second kappa shape index (κ2) is 28.3. The van der Waals surface area contributed by atoms with Crippen molar-refractivity contribution in [1.29, 1.82) is 0 Å². The van der Waals surface area contributed by atoms with Crippen molar-refractivity contribution in [3.63, 3.8) is 0 Å². The Bertz CT molecular complexity index is 2280. The summed E-state index contributed by atoms with van der Waals surface area (Å²) in [7, 11) is 1.45. The first-order chi connectivity index (χ1) is 34.8. The van der Waals surface area contributed by atoms with Gasteiger partial charge in [-0.25, -0.2) is 4.79 Å². The van der Waals surface area contributed by atoms with Crippen LogP contribution in [-0.4, -0.2) is 142 Å². The van der Waals surface area contributed by atoms with Gasteiger partial charge in [0.05, 0.1) is 38.9 Å². The molecule has 2 fully saturated rings. The summed E-state index contributed by atoms with van der Waals surface area (Å²) >= 11 is 1.39. The second-order valence-electron chi connectivity index (χ2n) is 17.9. The van der Waals surface area contributed by atoms with Gasteiger partial charge in [-0.3, -0.25) is 24.0 Å². The number of rotatable bonds is 25. The van der Waals surface area contributed by atoms with Gasteiger partial charge in [-0.15, -0.1) is 0 Å². The Hall–Kier alpha value is -5.45. The smallest absolute Gasteiger partial charge is 0.367 e. The second-order valence-corrected chi connectivity index (χ2v) is 18.9. The Balaban J connectivity index is 1.65. The quantitative estimate of drug-likeness (QED) is 0.0645. The first-order valence-corrected chi connectivity index (χ1v) is 25.3. The minimum absolute atomic E-state index is 0.0643. The summed E-state index contributed by atoms with van der Waals surface area (Å²) < 4.78 is 74.6. The van der Waals surface area contributed by atoms with Gasteiger partial charge in [0.25, 0.3) is 5.79 Å². The lowest BCUT2D eigenvalue weighted by molar-refractivity contribution is -0.348. The minimum atomic E-state index is -2.57. The first-order valence-electron chi connectivity index (χ1n) is 23.9. The minimum Gasteiger partial charge on any atom is -0.462 e. The average molecular weight is 1040 g/mol. The van der Waals surface area contributed by atoms with Crippen LogP contribution in [0.25, 0.3) is 0 Å². The van der Waals surface area contributed by atoms with Crippen LogP contribution < -0.4 is 5.32 Å². The maximum atomic E-state index is 14.8. The van der Waals surface area contributed by atoms with Crippen LogP contribution in [0.2, 0.25) is 0 Å². The van der Waals surface area contributed by atoms with E-state index in [2.05, 4.69) is 5.32 Å². The van der Waals surface area contributed by atoms with Gasteiger partial charge < -0.3 is 62.2 Å². The number of aryl methyl sites for hydroxylation is 3. The molecule has 19 nitrogen and oxygen atoms in total. The Morgan fingerprint density at radius 2 is 1.21 bits per heavy atom. The number of hydrogen-bond donors (Lipinski definition) is 1. The molecular formula is C53H69NO18S. The molecule has 0 bridgehead atoms. The third-order valence-corrected chi connectivity index (χ3v) is 12.4. The fourth-order valence-corrected chi connectivity index (χ4v) is 8.59. The Kier molecular flexibility index (Phi) is 22.6. The van der Waals surface area contributed by atoms with Crippen molar-refractivity contribution in [1.82, 2.24) is 5.32 Å². The van der Waals surface area contributed by atoms with E-state index in [1.807, 2.05) is 99.8 Å². The summed E-state index contributed by atoms with van der Waals surface area (Å²) in [5.74, 6) is -7.38. The molecule has 20 heteroatoms. The summed E-state index contributed by atoms with van der Waals surface area (Å²) in [6.07, 6.45) is -10.6. The lowest BCUT2D eigenvalue weighted by Gasteiger charge is -2.49. The zero-order chi connectivity index (χ0) is 53.2. The highest BCUT2D eigenvalue weighted by Gasteiger charge is 2.60. The fraction of sp³-hybridized carbons (Fsp3) is 0.547. The molecule has 5 rings (SSSR count). The molecular weight excluding hydrogens is 971 g/mol. The van der Waals surface area contributed by atoms with Crippen LogP contribution in [-0.2, 0) is 105 Å². The highest BCUT2D eigenvalue weighted by Crippen LogP contribution is 2.39. The molecule has 1 amide bonds. The Labute approximate surface area is 430 Å². The van der Waals surface area contributed by atoms with E-state index in [1.54, 1.807) is 0 Å². The molecule has 3 aromatic rings. The monoisotopic (exact) mass is 1040 g/mol. The van der Waals surface area contributed by atoms with Crippen molar-refractivity contribution in [3.05, 3.63) is 106 Å². The maximum absolute atomic E-state index is 14.8. The van der Waals surface area contributed by atoms with Crippen molar-refractivity contribution < 1.29 is 85.6 Å². The van der Waals surface area contributed by atoms with E-state index in [1.165, 1.54) is 25.8 Å². The van der Waals surface area contributed by atoms with Gasteiger partial charge in [0.1, 0.15) is 49.8 Å². The Morgan fingerprint density at radius 3 is 1.67 bits per heavy atom. The van der Waals surface area contributed by atoms with Crippen LogP contribution in [0.1, 0.15) is 74.4 Å². The van der Waals surface area contributed by atoms with Gasteiger partial charge in [-0.05, 0) is 43.7 Å². The largest absolute Gasteiger partial charge is 0.462 e. The van der Waals surface area contributed by atoms with Crippen molar-refractivity contribution in [2.75, 3.05) is 38.9 Å². The average Bonchev–Trinajstić information content (AvgIpc) is 3.33. The number of benzene rings is 3. The molecule has 2 aliphatic heterocycles. The number of nitrogens with one attached hydrogen (secondary N) is 1. The van der Waals surface area contributed by atoms with Crippen molar-refractivity contribution >= 4 is 47.5 Å². The van der Waals surface area contributed by atoms with Crippen LogP contribution in [0.3, 0.4) is 0 Å². The topological polar surface area (TPSA) is 225 Å². The lowest BCUT2D eigenvalue weighted by atomic mass is 9.87. The van der Waals surface area contributed by atoms with Gasteiger partial charge in [0.15, 0.2) is 18.5 Å². The molecule has 0 aromatic heterocycles. The van der Waals surface area contributed by atoms with Gasteiger partial charge in [-0.2, -0.15) is 11.8 Å². The molecule has 400 valence electrons. The Morgan fingerprint density at radius 1 is 0.685 bits per heavy atom. The summed E-state index contributed by atoms with van der Waals surface area (Å²) in [6, 6.07) is 22.0. The van der Waals surface area contributed by atoms with E-state index in [9.17, 15) is 28.8 Å². The predicted molar refractivity (Wildman–Crippen MR) is 263 cm³/mol. The van der Waals surface area contributed by atoms with Gasteiger partial charge in [-0.1, -0.05) is 89.5 Å². The number of ether oxygens (including phenoxy) is 12. The van der Waals surface area contributed by atoms with Crippen molar-refractivity contribution in [2.45, 2.75) is 149 Å². The number of carbonyl (C=O) groups excluding carboxylic acids is 6. The normalized spacial score (nSPS) is 24.6. The third-order valence-electron chi connectivity index (χ3n) is 11.8. The summed E-state index contributed by atoms with van der Waals surface area (Å²) in [5.41, 5.74) is 5.72. The lowest BCUT2D eigenvalue weighted by Crippen LogP contribution is -2.70. The first kappa shape index (κ1) is 58.4. The van der Waals surface area contributed by atoms with E-state index in [0.717, 1.165) is 61.1 Å². The third kappa shape index (κ3) is 17.6. The number of hydrogen-bond acceptors (Lipinski definition) is 19. The van der Waals surface area contributed by atoms with Crippen LogP contribution >= 0.6 is 11.8 Å². The van der Waals surface area contributed by atoms with Crippen molar-refractivity contribution in [2.24, 2.45) is 0 Å². The maximum Gasteiger partial charge on any atom is 0.367 e. The van der Waals surface area contributed by atoms with Crippen LogP contribution in [0.5, 0.6) is 0 Å². The van der Waals surface area contributed by atoms with Gasteiger partial charge in [0.2, 0.25) is 5.91 Å². The zero-order valence-corrected chi connectivity index (χ0v) is 43.9. The number of esters is 5. The predicted octanol–water partition coefficient (Wildman–Crippen LogP) is 5.31. The fourth-order valence-electron chi connectivity index (χ4n) is 8.34. The molecule has 11 atom stereocenters. The van der Waals surface area contributed by atoms with Crippen molar-refractivity contribution in [3.8, 4) is 0 Å². The van der Waals surface area contributed by atoms with Crippen LogP contribution in [0.4, 0.5) is 0 Å². The SMILES string of the molecule is CO[C@@H]1O[C@H](CO[C@]2(C(=O)OCCSC)C[C@H](OC(C)=O)[C@@H](NC(C)=O)[C@H]([C@H](OC(C)=O)[C@@H](COC(C)=O)OC(C)=O)O2)[C@H](OCc2ccc(C)cc2)[C@H](OCc2ccc(C)cc2)[C@H]1OCc1ccc(C)cc1. The molecule has 2 aliphatic rings. The molecule has 0 aliphatic carbocycles. The number of carbonyl (C=O) groups is 6. The summed E-state index contributed by atoms with van der Waals surface area (Å²) in [6.45, 7) is 10.5. The van der Waals surface area contributed by atoms with E-state index in [-0.39, 0.29) is 26.4 Å². The van der Waals surface area contributed by atoms with E-state index in [0.29, 0.717) is 5.75 Å². The molecule has 0 spiro atoms. The van der Waals surface area contributed by atoms with Gasteiger partial charge in [0, 0.05) is 47.5 Å². The molecule has 2 saturated heterocycles. The molecule has 0 saturated carbocycles. The standard InChI is InChI=1S/C53H69NO18S/c1-31-11-17-39(18-12-31)26-64-46-44(71-51(61-9)50(66-28-41-21-15-33(3)16-22-41)49(46)65-27-40-19-13-32(2)14-20-40)30-67-53(52(60)62-23-24-73-10)25-42(68-36(6)57)45(54-34(4)55)48(72-53)47(70-38(8)59)43(69-37(7)58)29-63-35(5)56/h11-22,42-51H,23-30H2,1-10H3,(H,54,55)/t42-,43+,44+,45+,46-,47+,48+,49-,50+,51+,53+/m0/s1. The number of methoxy groups -OCH3 is 1. The van der Waals surface area contributed by atoms with E-state index < -0.39 is 122 Å².